The minimum atomic E-state index is -1.38. The number of nitrogens with zero attached hydrogens (tertiary/aromatic N) is 8. The van der Waals surface area contributed by atoms with Crippen LogP contribution in [0.1, 0.15) is 77.8 Å². The molecule has 4 aromatic heterocycles. The molecule has 0 amide bonds. The van der Waals surface area contributed by atoms with Crippen molar-refractivity contribution in [3.05, 3.63) is 224 Å². The molecule has 2 aliphatic heterocycles. The second-order valence-electron chi connectivity index (χ2n) is 21.2. The molecule has 0 spiro atoms. The molecular weight excluding hydrogens is 1200 g/mol. The molecule has 91 heavy (non-hydrogen) atoms. The lowest BCUT2D eigenvalue weighted by atomic mass is 10.0. The van der Waals surface area contributed by atoms with Crippen LogP contribution in [0.15, 0.2) is 121 Å². The van der Waals surface area contributed by atoms with Gasteiger partial charge in [0.2, 0.25) is 11.8 Å². The number of esters is 2. The third-order valence-electron chi connectivity index (χ3n) is 15.7. The number of hydrogen-bond donors (Lipinski definition) is 0. The fourth-order valence-electron chi connectivity index (χ4n) is 11.0. The normalized spacial score (nSPS) is 16.3. The first-order chi connectivity index (χ1) is 44.0. The molecule has 2 aliphatic rings. The molecule has 2 saturated heterocycles. The number of ether oxygens (including phenoxy) is 7. The molecule has 25 heteroatoms. The first-order valence-corrected chi connectivity index (χ1v) is 27.9. The van der Waals surface area contributed by atoms with Crippen LogP contribution in [0.2, 0.25) is 0 Å². The average Bonchev–Trinajstić information content (AvgIpc) is 1.65. The second-order valence-corrected chi connectivity index (χ2v) is 21.2. The van der Waals surface area contributed by atoms with Gasteiger partial charge >= 0.3 is 11.9 Å². The third-order valence-corrected chi connectivity index (χ3v) is 15.7. The van der Waals surface area contributed by atoms with Crippen molar-refractivity contribution in [2.45, 2.75) is 50.3 Å². The van der Waals surface area contributed by atoms with E-state index in [1.807, 2.05) is 12.1 Å². The Morgan fingerprint density at radius 2 is 0.912 bits per heavy atom. The van der Waals surface area contributed by atoms with Gasteiger partial charge in [0, 0.05) is 61.4 Å². The van der Waals surface area contributed by atoms with E-state index in [9.17, 15) is 18.4 Å². The Morgan fingerprint density at radius 3 is 1.31 bits per heavy atom. The summed E-state index contributed by atoms with van der Waals surface area (Å²) in [6.45, 7) is -0.476. The highest BCUT2D eigenvalue weighted by Gasteiger charge is 2.36. The Hall–Kier alpha value is -10.4. The van der Waals surface area contributed by atoms with Gasteiger partial charge in [-0.3, -0.25) is 0 Å². The number of hydrogen-bond acceptors (Lipinski definition) is 15. The average molecular weight is 1250 g/mol. The molecule has 12 rings (SSSR count). The first-order valence-electron chi connectivity index (χ1n) is 27.9. The van der Waals surface area contributed by atoms with Gasteiger partial charge in [-0.2, -0.15) is 10.5 Å². The van der Waals surface area contributed by atoms with Crippen LogP contribution in [0.25, 0.3) is 44.6 Å². The molecule has 2 fully saturated rings. The monoisotopic (exact) mass is 1250 g/mol. The minimum absolute atomic E-state index is 0.00116. The number of nitriles is 2. The number of imidazole rings is 2. The van der Waals surface area contributed by atoms with Crippen molar-refractivity contribution in [1.82, 2.24) is 29.1 Å². The van der Waals surface area contributed by atoms with E-state index in [4.69, 9.17) is 43.7 Å². The van der Waals surface area contributed by atoms with E-state index in [1.165, 1.54) is 96.2 Å². The molecular formula is C66H46F8N8O9. The van der Waals surface area contributed by atoms with Gasteiger partial charge in [-0.05, 0) is 96.1 Å². The summed E-state index contributed by atoms with van der Waals surface area (Å²) in [7, 11) is 2.82. The lowest BCUT2D eigenvalue weighted by Crippen LogP contribution is -2.26. The number of carbonyl (C=O) groups excluding carboxylic acids is 2. The molecule has 10 aromatic rings. The van der Waals surface area contributed by atoms with Crippen molar-refractivity contribution >= 4 is 34.0 Å². The van der Waals surface area contributed by atoms with E-state index in [-0.39, 0.29) is 141 Å². The number of pyridine rings is 2. The van der Waals surface area contributed by atoms with Gasteiger partial charge < -0.3 is 42.3 Å². The Labute approximate surface area is 511 Å². The van der Waals surface area contributed by atoms with Crippen molar-refractivity contribution in [2.24, 2.45) is 0 Å². The van der Waals surface area contributed by atoms with Crippen molar-refractivity contribution in [3.63, 3.8) is 0 Å². The molecule has 0 N–H and O–H groups in total. The highest BCUT2D eigenvalue weighted by atomic mass is 19.2. The smallest absolute Gasteiger partial charge is 0.346 e. The lowest BCUT2D eigenvalue weighted by Gasteiger charge is -2.21. The summed E-state index contributed by atoms with van der Waals surface area (Å²) in [5, 5.41) is 18.1. The molecule has 6 heterocycles. The number of benzene rings is 6. The zero-order valence-electron chi connectivity index (χ0n) is 47.8. The van der Waals surface area contributed by atoms with Crippen LogP contribution in [0.5, 0.6) is 11.8 Å². The maximum Gasteiger partial charge on any atom is 0.346 e. The quantitative estimate of drug-likeness (QED) is 0.0445. The van der Waals surface area contributed by atoms with Gasteiger partial charge in [-0.15, -0.1) is 0 Å². The Kier molecular flexibility index (Phi) is 17.1. The second kappa shape index (κ2) is 25.6. The van der Waals surface area contributed by atoms with E-state index >= 15 is 26.3 Å². The number of aromatic nitrogens is 6. The summed E-state index contributed by atoms with van der Waals surface area (Å²) in [5.74, 6) is -9.96. The van der Waals surface area contributed by atoms with Gasteiger partial charge in [0.1, 0.15) is 83.0 Å². The molecule has 6 aromatic carbocycles. The standard InChI is InChI=1S/C66H46F8N8O9/c1-85-57-31-87-29-55(57)81-53-19-39(17-49(73)63(53)79-59(81)21-37-15-47(71)41(23-45(37)69)51-5-3-7-61(77-51)89-27-35-11-9-33(25-75)13-43(35)67)65(83)91-66(84)40-18-50(74)64-54(20-40)82(56-30-88-32-58(56)86-2)60(80-64)22-38-16-48(72)42(24-46(38)70)52-6-4-8-62(78-52)90-28-36-12-10-34(26-76)14-44(36)68/h3-20,23-24,55-58H,21-22,27-32H2,1-2H3/t55-,56-,57+,58+/m1/s1. The van der Waals surface area contributed by atoms with E-state index in [0.717, 1.165) is 48.5 Å². The Morgan fingerprint density at radius 1 is 0.495 bits per heavy atom. The summed E-state index contributed by atoms with van der Waals surface area (Å²) in [5.41, 5.74) is -2.21. The number of carbonyl (C=O) groups is 2. The Balaban J connectivity index is 0.805. The first kappa shape index (κ1) is 60.8. The van der Waals surface area contributed by atoms with Gasteiger partial charge in [0.25, 0.3) is 0 Å². The summed E-state index contributed by atoms with van der Waals surface area (Å²) in [4.78, 5) is 45.6. The Bertz CT molecular complexity index is 4360. The molecule has 4 atom stereocenters. The van der Waals surface area contributed by atoms with Crippen molar-refractivity contribution in [1.29, 1.82) is 10.5 Å². The van der Waals surface area contributed by atoms with E-state index in [0.29, 0.717) is 0 Å². The topological polar surface area (TPSA) is 208 Å². The molecule has 0 aliphatic carbocycles. The predicted octanol–water partition coefficient (Wildman–Crippen LogP) is 11.9. The maximum atomic E-state index is 16.4. The summed E-state index contributed by atoms with van der Waals surface area (Å²) < 4.78 is 169. The highest BCUT2D eigenvalue weighted by molar-refractivity contribution is 6.05. The minimum Gasteiger partial charge on any atom is -0.473 e. The molecule has 0 radical (unpaired) electrons. The van der Waals surface area contributed by atoms with Crippen molar-refractivity contribution in [3.8, 4) is 46.4 Å². The highest BCUT2D eigenvalue weighted by Crippen LogP contribution is 2.37. The van der Waals surface area contributed by atoms with Crippen LogP contribution in [0.3, 0.4) is 0 Å². The molecule has 460 valence electrons. The van der Waals surface area contributed by atoms with Crippen LogP contribution in [0.4, 0.5) is 35.1 Å². The van der Waals surface area contributed by atoms with E-state index in [1.54, 1.807) is 0 Å². The van der Waals surface area contributed by atoms with Crippen LogP contribution in [-0.4, -0.2) is 93.9 Å². The zero-order valence-corrected chi connectivity index (χ0v) is 47.8. The summed E-state index contributed by atoms with van der Waals surface area (Å²) in [6, 6.07) is 26.1. The SMILES string of the molecule is CO[C@H]1COC[C@H]1n1c(Cc2cc(F)c(-c3cccc(OCc4ccc(C#N)cc4F)n3)cc2F)nc2c(F)cc(C(=O)OC(=O)c3cc(F)c4nc(Cc5cc(F)c(-c6cccc(OCc7ccc(C#N)cc7F)n6)cc5F)n([C@@H]5COC[C@@H]5OC)c4c3)cc21. The van der Waals surface area contributed by atoms with Crippen LogP contribution in [0, 0.1) is 69.2 Å². The number of rotatable bonds is 18. The third kappa shape index (κ3) is 12.3. The molecule has 0 bridgehead atoms. The van der Waals surface area contributed by atoms with Gasteiger partial charge in [0.15, 0.2) is 11.6 Å². The van der Waals surface area contributed by atoms with Gasteiger partial charge in [-0.1, -0.05) is 24.3 Å². The van der Waals surface area contributed by atoms with Crippen LogP contribution in [-0.2, 0) is 49.7 Å². The molecule has 0 saturated carbocycles. The van der Waals surface area contributed by atoms with E-state index in [2.05, 4.69) is 19.9 Å². The van der Waals surface area contributed by atoms with E-state index < -0.39 is 107 Å². The van der Waals surface area contributed by atoms with Crippen molar-refractivity contribution in [2.75, 3.05) is 40.6 Å². The number of methoxy groups -OCH3 is 2. The largest absolute Gasteiger partial charge is 0.473 e. The van der Waals surface area contributed by atoms with Gasteiger partial charge in [0.05, 0.1) is 95.3 Å². The predicted molar refractivity (Wildman–Crippen MR) is 306 cm³/mol. The lowest BCUT2D eigenvalue weighted by molar-refractivity contribution is 0.0397. The summed E-state index contributed by atoms with van der Waals surface area (Å²) >= 11 is 0. The number of fused-ring (bicyclic) bond motifs is 2. The van der Waals surface area contributed by atoms with Crippen LogP contribution >= 0.6 is 0 Å². The zero-order chi connectivity index (χ0) is 63.8. The fraction of sp³-hybridized carbons (Fsp3) is 0.212. The van der Waals surface area contributed by atoms with Crippen molar-refractivity contribution < 1.29 is 77.9 Å². The van der Waals surface area contributed by atoms with Gasteiger partial charge in [-0.25, -0.2) is 64.6 Å². The number of halogens is 8. The fourth-order valence-corrected chi connectivity index (χ4v) is 11.0. The maximum absolute atomic E-state index is 16.4. The molecule has 17 nitrogen and oxygen atoms in total. The molecule has 0 unspecified atom stereocenters. The summed E-state index contributed by atoms with van der Waals surface area (Å²) in [6.07, 6.45) is -2.23. The van der Waals surface area contributed by atoms with Crippen LogP contribution < -0.4 is 9.47 Å².